The summed E-state index contributed by atoms with van der Waals surface area (Å²) < 4.78 is 13.5. The molecule has 1 aromatic carbocycles. The molecular formula is C13H18FN3O. The van der Waals surface area contributed by atoms with E-state index in [0.717, 1.165) is 31.7 Å². The highest BCUT2D eigenvalue weighted by atomic mass is 19.1. The van der Waals surface area contributed by atoms with E-state index in [-0.39, 0.29) is 11.6 Å². The summed E-state index contributed by atoms with van der Waals surface area (Å²) in [5, 5.41) is 5.84. The Morgan fingerprint density at radius 1 is 1.44 bits per heavy atom. The highest BCUT2D eigenvalue weighted by molar-refractivity contribution is 5.92. The van der Waals surface area contributed by atoms with Crippen molar-refractivity contribution in [1.82, 2.24) is 10.2 Å². The van der Waals surface area contributed by atoms with Crippen LogP contribution in [0.4, 0.5) is 10.1 Å². The van der Waals surface area contributed by atoms with Gasteiger partial charge in [0, 0.05) is 26.2 Å². The van der Waals surface area contributed by atoms with Gasteiger partial charge in [0.1, 0.15) is 5.82 Å². The van der Waals surface area contributed by atoms with E-state index in [0.29, 0.717) is 6.54 Å². The molecule has 0 saturated carbocycles. The minimum absolute atomic E-state index is 0.165. The molecule has 0 spiro atoms. The van der Waals surface area contributed by atoms with Gasteiger partial charge in [-0.15, -0.1) is 0 Å². The van der Waals surface area contributed by atoms with Crippen molar-refractivity contribution in [1.29, 1.82) is 0 Å². The first-order chi connectivity index (χ1) is 8.65. The molecule has 1 fully saturated rings. The zero-order valence-electron chi connectivity index (χ0n) is 10.5. The molecule has 1 aliphatic rings. The maximum atomic E-state index is 13.5. The quantitative estimate of drug-likeness (QED) is 0.841. The average Bonchev–Trinajstić information content (AvgIpc) is 2.35. The largest absolute Gasteiger partial charge is 0.322 e. The standard InChI is InChI=1S/C13H18FN3O/c1-10-2-3-11(14)12(8-10)16-13(18)9-17-6-4-15-5-7-17/h2-3,8,15H,4-7,9H2,1H3,(H,16,18). The normalized spacial score (nSPS) is 16.6. The van der Waals surface area contributed by atoms with E-state index in [4.69, 9.17) is 0 Å². The van der Waals surface area contributed by atoms with Crippen molar-refractivity contribution < 1.29 is 9.18 Å². The van der Waals surface area contributed by atoms with Crippen molar-refractivity contribution in [3.63, 3.8) is 0 Å². The van der Waals surface area contributed by atoms with Crippen LogP contribution in [0.15, 0.2) is 18.2 Å². The summed E-state index contributed by atoms with van der Waals surface area (Å²) in [4.78, 5) is 13.9. The molecule has 1 aromatic rings. The predicted molar refractivity (Wildman–Crippen MR) is 69.1 cm³/mol. The van der Waals surface area contributed by atoms with E-state index in [1.807, 2.05) is 6.92 Å². The monoisotopic (exact) mass is 251 g/mol. The zero-order chi connectivity index (χ0) is 13.0. The second-order valence-corrected chi connectivity index (χ2v) is 4.56. The van der Waals surface area contributed by atoms with Gasteiger partial charge in [0.2, 0.25) is 5.91 Å². The second-order valence-electron chi connectivity index (χ2n) is 4.56. The molecule has 18 heavy (non-hydrogen) atoms. The Morgan fingerprint density at radius 3 is 2.89 bits per heavy atom. The van der Waals surface area contributed by atoms with Crippen LogP contribution in [-0.2, 0) is 4.79 Å². The zero-order valence-corrected chi connectivity index (χ0v) is 10.5. The van der Waals surface area contributed by atoms with Crippen LogP contribution in [0.3, 0.4) is 0 Å². The molecule has 0 radical (unpaired) electrons. The van der Waals surface area contributed by atoms with Gasteiger partial charge in [-0.3, -0.25) is 9.69 Å². The summed E-state index contributed by atoms with van der Waals surface area (Å²) >= 11 is 0. The van der Waals surface area contributed by atoms with Gasteiger partial charge >= 0.3 is 0 Å². The Hall–Kier alpha value is -1.46. The molecule has 2 rings (SSSR count). The fourth-order valence-corrected chi connectivity index (χ4v) is 2.00. The lowest BCUT2D eigenvalue weighted by Gasteiger charge is -2.26. The van der Waals surface area contributed by atoms with Crippen LogP contribution in [0.1, 0.15) is 5.56 Å². The minimum atomic E-state index is -0.394. The first-order valence-corrected chi connectivity index (χ1v) is 6.14. The van der Waals surface area contributed by atoms with Crippen LogP contribution in [-0.4, -0.2) is 43.5 Å². The molecule has 1 saturated heterocycles. The third kappa shape index (κ3) is 3.51. The number of benzene rings is 1. The maximum Gasteiger partial charge on any atom is 0.238 e. The summed E-state index contributed by atoms with van der Waals surface area (Å²) in [5.41, 5.74) is 1.18. The topological polar surface area (TPSA) is 44.4 Å². The molecule has 5 heteroatoms. The lowest BCUT2D eigenvalue weighted by molar-refractivity contribution is -0.117. The number of anilines is 1. The van der Waals surface area contributed by atoms with Crippen molar-refractivity contribution in [2.45, 2.75) is 6.92 Å². The van der Waals surface area contributed by atoms with E-state index in [1.165, 1.54) is 6.07 Å². The molecular weight excluding hydrogens is 233 g/mol. The SMILES string of the molecule is Cc1ccc(F)c(NC(=O)CN2CCNCC2)c1. The van der Waals surface area contributed by atoms with Gasteiger partial charge in [-0.05, 0) is 24.6 Å². The number of nitrogens with one attached hydrogen (secondary N) is 2. The van der Waals surface area contributed by atoms with Gasteiger partial charge in [-0.25, -0.2) is 4.39 Å². The molecule has 0 aliphatic carbocycles. The highest BCUT2D eigenvalue weighted by Crippen LogP contribution is 2.15. The van der Waals surface area contributed by atoms with Gasteiger partial charge in [0.25, 0.3) is 0 Å². The number of piperazine rings is 1. The van der Waals surface area contributed by atoms with Crippen LogP contribution < -0.4 is 10.6 Å². The number of carbonyl (C=O) groups is 1. The van der Waals surface area contributed by atoms with E-state index in [2.05, 4.69) is 15.5 Å². The van der Waals surface area contributed by atoms with Crippen molar-refractivity contribution in [2.75, 3.05) is 38.0 Å². The molecule has 1 aliphatic heterocycles. The first-order valence-electron chi connectivity index (χ1n) is 6.14. The Labute approximate surface area is 106 Å². The summed E-state index contributed by atoms with van der Waals surface area (Å²) in [6.07, 6.45) is 0. The molecule has 0 bridgehead atoms. The number of hydrogen-bond donors (Lipinski definition) is 2. The maximum absolute atomic E-state index is 13.5. The number of hydrogen-bond acceptors (Lipinski definition) is 3. The minimum Gasteiger partial charge on any atom is -0.322 e. The highest BCUT2D eigenvalue weighted by Gasteiger charge is 2.14. The third-order valence-electron chi connectivity index (χ3n) is 2.97. The molecule has 0 atom stereocenters. The van der Waals surface area contributed by atoms with E-state index in [9.17, 15) is 9.18 Å². The molecule has 1 amide bonds. The van der Waals surface area contributed by atoms with Crippen LogP contribution in [0.5, 0.6) is 0 Å². The number of carbonyl (C=O) groups excluding carboxylic acids is 1. The number of amides is 1. The fourth-order valence-electron chi connectivity index (χ4n) is 2.00. The van der Waals surface area contributed by atoms with Crippen LogP contribution in [0.25, 0.3) is 0 Å². The van der Waals surface area contributed by atoms with E-state index < -0.39 is 5.82 Å². The van der Waals surface area contributed by atoms with Crippen LogP contribution >= 0.6 is 0 Å². The molecule has 4 nitrogen and oxygen atoms in total. The van der Waals surface area contributed by atoms with E-state index in [1.54, 1.807) is 12.1 Å². The van der Waals surface area contributed by atoms with Crippen LogP contribution in [0, 0.1) is 12.7 Å². The summed E-state index contributed by atoms with van der Waals surface area (Å²) in [5.74, 6) is -0.560. The molecule has 98 valence electrons. The van der Waals surface area contributed by atoms with Crippen LogP contribution in [0.2, 0.25) is 0 Å². The van der Waals surface area contributed by atoms with Gasteiger partial charge in [0.05, 0.1) is 12.2 Å². The average molecular weight is 251 g/mol. The second kappa shape index (κ2) is 5.93. The Bertz CT molecular complexity index is 430. The Morgan fingerprint density at radius 2 is 2.17 bits per heavy atom. The lowest BCUT2D eigenvalue weighted by atomic mass is 10.2. The van der Waals surface area contributed by atoms with Gasteiger partial charge < -0.3 is 10.6 Å². The molecule has 2 N–H and O–H groups in total. The fraction of sp³-hybridized carbons (Fsp3) is 0.462. The molecule has 0 unspecified atom stereocenters. The van der Waals surface area contributed by atoms with Gasteiger partial charge in [-0.1, -0.05) is 6.07 Å². The van der Waals surface area contributed by atoms with Crippen molar-refractivity contribution in [3.05, 3.63) is 29.6 Å². The first kappa shape index (κ1) is 13.0. The Kier molecular flexibility index (Phi) is 4.28. The van der Waals surface area contributed by atoms with Crippen molar-refractivity contribution >= 4 is 11.6 Å². The van der Waals surface area contributed by atoms with E-state index >= 15 is 0 Å². The predicted octanol–water partition coefficient (Wildman–Crippen LogP) is 0.978. The van der Waals surface area contributed by atoms with Crippen molar-refractivity contribution in [3.8, 4) is 0 Å². The number of aryl methyl sites for hydroxylation is 1. The number of halogens is 1. The number of nitrogens with zero attached hydrogens (tertiary/aromatic N) is 1. The van der Waals surface area contributed by atoms with Gasteiger partial charge in [0.15, 0.2) is 0 Å². The number of rotatable bonds is 3. The van der Waals surface area contributed by atoms with Gasteiger partial charge in [-0.2, -0.15) is 0 Å². The summed E-state index contributed by atoms with van der Waals surface area (Å²) in [6, 6.07) is 4.70. The third-order valence-corrected chi connectivity index (χ3v) is 2.97. The summed E-state index contributed by atoms with van der Waals surface area (Å²) in [6.45, 7) is 5.67. The Balaban J connectivity index is 1.92. The molecule has 1 heterocycles. The lowest BCUT2D eigenvalue weighted by Crippen LogP contribution is -2.46. The summed E-state index contributed by atoms with van der Waals surface area (Å²) in [7, 11) is 0. The smallest absolute Gasteiger partial charge is 0.238 e. The van der Waals surface area contributed by atoms with Crippen molar-refractivity contribution in [2.24, 2.45) is 0 Å². The molecule has 0 aromatic heterocycles.